The van der Waals surface area contributed by atoms with Crippen LogP contribution in [0, 0.1) is 0 Å². The van der Waals surface area contributed by atoms with E-state index in [4.69, 9.17) is 0 Å². The molecule has 1 amide bonds. The molecule has 0 rings (SSSR count). The fourth-order valence-corrected chi connectivity index (χ4v) is 2.13. The molecule has 0 bridgehead atoms. The zero-order chi connectivity index (χ0) is 13.6. The number of alkyl halides is 1. The van der Waals surface area contributed by atoms with E-state index in [9.17, 15) is 4.79 Å². The zero-order valence-electron chi connectivity index (χ0n) is 12.1. The number of amides is 1. The van der Waals surface area contributed by atoms with Gasteiger partial charge in [-0.05, 0) is 13.3 Å². The third-order valence-corrected chi connectivity index (χ3v) is 3.61. The van der Waals surface area contributed by atoms with Crippen LogP contribution in [0.4, 0.5) is 0 Å². The van der Waals surface area contributed by atoms with E-state index >= 15 is 0 Å². The fraction of sp³-hybridized carbons (Fsp3) is 0.933. The zero-order valence-corrected chi connectivity index (χ0v) is 13.7. The summed E-state index contributed by atoms with van der Waals surface area (Å²) >= 11 is 3.26. The van der Waals surface area contributed by atoms with Gasteiger partial charge in [0.1, 0.15) is 0 Å². The van der Waals surface area contributed by atoms with Crippen LogP contribution in [0.1, 0.15) is 78.1 Å². The Morgan fingerprint density at radius 1 is 0.944 bits per heavy atom. The molecule has 3 heteroatoms. The summed E-state index contributed by atoms with van der Waals surface area (Å²) in [6.45, 7) is 4.94. The van der Waals surface area contributed by atoms with E-state index in [1.807, 2.05) is 6.92 Å². The number of halogens is 1. The van der Waals surface area contributed by atoms with Crippen LogP contribution in [-0.4, -0.2) is 17.3 Å². The second-order valence-corrected chi connectivity index (χ2v) is 6.46. The van der Waals surface area contributed by atoms with Crippen LogP contribution >= 0.6 is 15.9 Å². The van der Waals surface area contributed by atoms with Gasteiger partial charge in [-0.25, -0.2) is 0 Å². The van der Waals surface area contributed by atoms with Crippen molar-refractivity contribution in [2.24, 2.45) is 0 Å². The minimum atomic E-state index is -0.0689. The first kappa shape index (κ1) is 17.9. The lowest BCUT2D eigenvalue weighted by Gasteiger charge is -2.06. The highest BCUT2D eigenvalue weighted by molar-refractivity contribution is 9.10. The Bertz CT molecular complexity index is 195. The van der Waals surface area contributed by atoms with Gasteiger partial charge in [0, 0.05) is 6.54 Å². The van der Waals surface area contributed by atoms with Crippen LogP contribution in [0.15, 0.2) is 0 Å². The Morgan fingerprint density at radius 3 is 1.83 bits per heavy atom. The Balaban J connectivity index is 3.05. The molecule has 1 unspecified atom stereocenters. The van der Waals surface area contributed by atoms with Crippen LogP contribution in [-0.2, 0) is 4.79 Å². The highest BCUT2D eigenvalue weighted by Crippen LogP contribution is 2.10. The highest BCUT2D eigenvalue weighted by Gasteiger charge is 2.06. The summed E-state index contributed by atoms with van der Waals surface area (Å²) in [7, 11) is 0. The van der Waals surface area contributed by atoms with Gasteiger partial charge in [0.15, 0.2) is 0 Å². The fourth-order valence-electron chi connectivity index (χ4n) is 1.96. The summed E-state index contributed by atoms with van der Waals surface area (Å²) < 4.78 is 0. The van der Waals surface area contributed by atoms with Gasteiger partial charge >= 0.3 is 0 Å². The summed E-state index contributed by atoms with van der Waals surface area (Å²) in [6, 6.07) is 0. The van der Waals surface area contributed by atoms with Gasteiger partial charge in [0.05, 0.1) is 4.83 Å². The van der Waals surface area contributed by atoms with Gasteiger partial charge in [-0.15, -0.1) is 0 Å². The Kier molecular flexibility index (Phi) is 13.3. The number of rotatable bonds is 12. The standard InChI is InChI=1S/C15H30BrNO/c1-3-4-5-6-7-8-9-10-11-12-13-17-15(18)14(2)16/h14H,3-13H2,1-2H3,(H,17,18). The molecule has 108 valence electrons. The van der Waals surface area contributed by atoms with Crippen molar-refractivity contribution < 1.29 is 4.79 Å². The van der Waals surface area contributed by atoms with Gasteiger partial charge in [-0.3, -0.25) is 4.79 Å². The largest absolute Gasteiger partial charge is 0.355 e. The van der Waals surface area contributed by atoms with E-state index < -0.39 is 0 Å². The van der Waals surface area contributed by atoms with E-state index in [-0.39, 0.29) is 10.7 Å². The lowest BCUT2D eigenvalue weighted by molar-refractivity contribution is -0.120. The molecule has 0 spiro atoms. The van der Waals surface area contributed by atoms with E-state index in [2.05, 4.69) is 28.2 Å². The van der Waals surface area contributed by atoms with Crippen molar-refractivity contribution in [3.05, 3.63) is 0 Å². The molecule has 0 radical (unpaired) electrons. The van der Waals surface area contributed by atoms with E-state index in [1.165, 1.54) is 57.8 Å². The monoisotopic (exact) mass is 319 g/mol. The maximum absolute atomic E-state index is 11.2. The minimum Gasteiger partial charge on any atom is -0.355 e. The first-order valence-corrected chi connectivity index (χ1v) is 8.51. The molecule has 2 nitrogen and oxygen atoms in total. The first-order chi connectivity index (χ1) is 8.68. The number of carbonyl (C=O) groups excluding carboxylic acids is 1. The van der Waals surface area contributed by atoms with Gasteiger partial charge in [-0.2, -0.15) is 0 Å². The summed E-state index contributed by atoms with van der Waals surface area (Å²) in [5.74, 6) is 0.103. The molecule has 0 aliphatic rings. The van der Waals surface area contributed by atoms with Gasteiger partial charge < -0.3 is 5.32 Å². The lowest BCUT2D eigenvalue weighted by Crippen LogP contribution is -2.30. The molecule has 0 heterocycles. The number of unbranched alkanes of at least 4 members (excludes halogenated alkanes) is 9. The summed E-state index contributed by atoms with van der Waals surface area (Å²) in [4.78, 5) is 11.2. The SMILES string of the molecule is CCCCCCCCCCCCNC(=O)C(C)Br. The Labute approximate surface area is 121 Å². The van der Waals surface area contributed by atoms with Crippen molar-refractivity contribution >= 4 is 21.8 Å². The molecule has 18 heavy (non-hydrogen) atoms. The quantitative estimate of drug-likeness (QED) is 0.406. The Morgan fingerprint density at radius 2 is 1.39 bits per heavy atom. The van der Waals surface area contributed by atoms with Crippen LogP contribution in [0.2, 0.25) is 0 Å². The van der Waals surface area contributed by atoms with Gasteiger partial charge in [0.2, 0.25) is 5.91 Å². The maximum atomic E-state index is 11.2. The normalized spacial score (nSPS) is 12.4. The number of hydrogen-bond acceptors (Lipinski definition) is 1. The molecule has 0 aromatic rings. The number of hydrogen-bond donors (Lipinski definition) is 1. The second-order valence-electron chi connectivity index (χ2n) is 5.09. The van der Waals surface area contributed by atoms with Crippen molar-refractivity contribution in [3.8, 4) is 0 Å². The molecule has 0 saturated heterocycles. The van der Waals surface area contributed by atoms with Crippen molar-refractivity contribution in [1.29, 1.82) is 0 Å². The molecule has 1 atom stereocenters. The number of carbonyl (C=O) groups is 1. The van der Waals surface area contributed by atoms with Crippen molar-refractivity contribution in [3.63, 3.8) is 0 Å². The van der Waals surface area contributed by atoms with Crippen LogP contribution in [0.5, 0.6) is 0 Å². The van der Waals surface area contributed by atoms with Crippen molar-refractivity contribution in [1.82, 2.24) is 5.32 Å². The summed E-state index contributed by atoms with van der Waals surface area (Å²) in [5.41, 5.74) is 0. The van der Waals surface area contributed by atoms with Crippen LogP contribution in [0.3, 0.4) is 0 Å². The van der Waals surface area contributed by atoms with E-state index in [0.29, 0.717) is 0 Å². The minimum absolute atomic E-state index is 0.0689. The lowest BCUT2D eigenvalue weighted by atomic mass is 10.1. The predicted octanol–water partition coefficient (Wildman–Crippen LogP) is 4.81. The Hall–Kier alpha value is -0.0500. The average Bonchev–Trinajstić information content (AvgIpc) is 2.35. The molecule has 0 aliphatic carbocycles. The van der Waals surface area contributed by atoms with E-state index in [0.717, 1.165) is 13.0 Å². The predicted molar refractivity (Wildman–Crippen MR) is 83.2 cm³/mol. The first-order valence-electron chi connectivity index (χ1n) is 7.60. The molecular formula is C15H30BrNO. The van der Waals surface area contributed by atoms with Gasteiger partial charge in [0.25, 0.3) is 0 Å². The highest BCUT2D eigenvalue weighted by atomic mass is 79.9. The molecule has 0 aromatic heterocycles. The maximum Gasteiger partial charge on any atom is 0.233 e. The summed E-state index contributed by atoms with van der Waals surface area (Å²) in [5, 5.41) is 2.92. The average molecular weight is 320 g/mol. The molecule has 1 N–H and O–H groups in total. The van der Waals surface area contributed by atoms with Crippen molar-refractivity contribution in [2.75, 3.05) is 6.54 Å². The number of nitrogens with one attached hydrogen (secondary N) is 1. The molecule has 0 aliphatic heterocycles. The topological polar surface area (TPSA) is 29.1 Å². The van der Waals surface area contributed by atoms with Crippen molar-refractivity contribution in [2.45, 2.75) is 82.9 Å². The second kappa shape index (κ2) is 13.4. The smallest absolute Gasteiger partial charge is 0.233 e. The van der Waals surface area contributed by atoms with Gasteiger partial charge in [-0.1, -0.05) is 80.6 Å². The van der Waals surface area contributed by atoms with E-state index in [1.54, 1.807) is 0 Å². The molecule has 0 fully saturated rings. The molecular weight excluding hydrogens is 290 g/mol. The van der Waals surface area contributed by atoms with Crippen LogP contribution < -0.4 is 5.32 Å². The molecule has 0 aromatic carbocycles. The summed E-state index contributed by atoms with van der Waals surface area (Å²) in [6.07, 6.45) is 13.4. The third-order valence-electron chi connectivity index (χ3n) is 3.19. The van der Waals surface area contributed by atoms with Crippen LogP contribution in [0.25, 0.3) is 0 Å². The third kappa shape index (κ3) is 12.4. The molecule has 0 saturated carbocycles.